The lowest BCUT2D eigenvalue weighted by molar-refractivity contribution is 0.655. The molecule has 6 aromatic carbocycles. The largest absolute Gasteiger partial charge is 0.436 e. The van der Waals surface area contributed by atoms with Crippen molar-refractivity contribution >= 4 is 64.7 Å². The van der Waals surface area contributed by atoms with Crippen LogP contribution in [0.3, 0.4) is 0 Å². The number of nitrogens with zero attached hydrogens (tertiary/aromatic N) is 2. The summed E-state index contributed by atoms with van der Waals surface area (Å²) in [6, 6.07) is 47.3. The fourth-order valence-electron chi connectivity index (χ4n) is 5.98. The molecule has 0 aliphatic carbocycles. The summed E-state index contributed by atoms with van der Waals surface area (Å²) in [6.07, 6.45) is 0. The monoisotopic (exact) mass is 554 g/mol. The SMILES string of the molecule is c1cc(-c2cccc(-c3ccc4oc5nc6ccccc6nc5c4c3)c2)cc(-c2ccc3sc4ccccc4c3c2)c1. The van der Waals surface area contributed by atoms with Crippen molar-refractivity contribution in [3.05, 3.63) is 133 Å². The van der Waals surface area contributed by atoms with Crippen molar-refractivity contribution in [3.8, 4) is 33.4 Å². The van der Waals surface area contributed by atoms with Crippen LogP contribution in [0.1, 0.15) is 0 Å². The maximum Gasteiger partial charge on any atom is 0.246 e. The first-order valence-corrected chi connectivity index (χ1v) is 14.8. The van der Waals surface area contributed by atoms with Crippen molar-refractivity contribution in [1.29, 1.82) is 0 Å². The molecule has 0 amide bonds. The van der Waals surface area contributed by atoms with E-state index in [2.05, 4.69) is 103 Å². The summed E-state index contributed by atoms with van der Waals surface area (Å²) in [7, 11) is 0. The van der Waals surface area contributed by atoms with Gasteiger partial charge in [0.05, 0.1) is 11.0 Å². The van der Waals surface area contributed by atoms with Gasteiger partial charge in [0.25, 0.3) is 0 Å². The molecule has 0 unspecified atom stereocenters. The Balaban J connectivity index is 1.11. The molecule has 0 N–H and O–H groups in total. The lowest BCUT2D eigenvalue weighted by Gasteiger charge is -2.09. The molecule has 0 radical (unpaired) electrons. The Kier molecular flexibility index (Phi) is 5.07. The van der Waals surface area contributed by atoms with Gasteiger partial charge >= 0.3 is 0 Å². The zero-order valence-corrected chi connectivity index (χ0v) is 23.2. The number of aromatic nitrogens is 2. The first kappa shape index (κ1) is 23.4. The number of furan rings is 1. The number of thiophene rings is 1. The summed E-state index contributed by atoms with van der Waals surface area (Å²) in [6.45, 7) is 0. The molecule has 0 spiro atoms. The molecular weight excluding hydrogens is 532 g/mol. The van der Waals surface area contributed by atoms with Gasteiger partial charge in [-0.3, -0.25) is 0 Å². The zero-order valence-electron chi connectivity index (χ0n) is 22.4. The first-order chi connectivity index (χ1) is 20.8. The van der Waals surface area contributed by atoms with Gasteiger partial charge in [-0.05, 0) is 88.0 Å². The molecule has 3 heterocycles. The van der Waals surface area contributed by atoms with Crippen molar-refractivity contribution in [3.63, 3.8) is 0 Å². The van der Waals surface area contributed by atoms with Gasteiger partial charge in [0.15, 0.2) is 0 Å². The second kappa shape index (κ2) is 9.10. The quantitative estimate of drug-likeness (QED) is 0.218. The van der Waals surface area contributed by atoms with Gasteiger partial charge in [-0.2, -0.15) is 0 Å². The van der Waals surface area contributed by atoms with Gasteiger partial charge in [-0.25, -0.2) is 9.97 Å². The Hall–Kier alpha value is -5.32. The van der Waals surface area contributed by atoms with Crippen LogP contribution in [-0.2, 0) is 0 Å². The number of hydrogen-bond acceptors (Lipinski definition) is 4. The number of benzene rings is 6. The molecule has 3 nitrogen and oxygen atoms in total. The highest BCUT2D eigenvalue weighted by atomic mass is 32.1. The topological polar surface area (TPSA) is 38.9 Å². The molecule has 3 aromatic heterocycles. The van der Waals surface area contributed by atoms with E-state index in [1.807, 2.05) is 41.7 Å². The number of hydrogen-bond donors (Lipinski definition) is 0. The van der Waals surface area contributed by atoms with Crippen LogP contribution in [-0.4, -0.2) is 9.97 Å². The Morgan fingerprint density at radius 2 is 1.00 bits per heavy atom. The third kappa shape index (κ3) is 3.73. The molecule has 0 aliphatic rings. The lowest BCUT2D eigenvalue weighted by atomic mass is 9.95. The van der Waals surface area contributed by atoms with Gasteiger partial charge < -0.3 is 4.42 Å². The number of rotatable bonds is 3. The molecule has 0 bridgehead atoms. The normalized spacial score (nSPS) is 11.8. The average molecular weight is 555 g/mol. The zero-order chi connectivity index (χ0) is 27.6. The van der Waals surface area contributed by atoms with E-state index < -0.39 is 0 Å². The highest BCUT2D eigenvalue weighted by Gasteiger charge is 2.13. The Labute approximate surface area is 245 Å². The van der Waals surface area contributed by atoms with Crippen LogP contribution in [0.25, 0.3) is 86.8 Å². The molecular formula is C38H22N2OS. The Bertz CT molecular complexity index is 2490. The second-order valence-electron chi connectivity index (χ2n) is 10.6. The lowest BCUT2D eigenvalue weighted by Crippen LogP contribution is -1.85. The van der Waals surface area contributed by atoms with E-state index in [0.29, 0.717) is 5.71 Å². The van der Waals surface area contributed by atoms with Gasteiger partial charge in [0.2, 0.25) is 5.71 Å². The predicted octanol–water partition coefficient (Wildman–Crippen LogP) is 10.9. The van der Waals surface area contributed by atoms with Crippen LogP contribution in [0.15, 0.2) is 138 Å². The maximum atomic E-state index is 6.07. The molecule has 4 heteroatoms. The molecule has 0 fully saturated rings. The minimum Gasteiger partial charge on any atom is -0.436 e. The van der Waals surface area contributed by atoms with Gasteiger partial charge in [0.1, 0.15) is 11.1 Å². The highest BCUT2D eigenvalue weighted by Crippen LogP contribution is 2.38. The molecule has 196 valence electrons. The number of para-hydroxylation sites is 2. The first-order valence-electron chi connectivity index (χ1n) is 14.0. The summed E-state index contributed by atoms with van der Waals surface area (Å²) in [4.78, 5) is 9.58. The van der Waals surface area contributed by atoms with Crippen molar-refractivity contribution < 1.29 is 4.42 Å². The second-order valence-corrected chi connectivity index (χ2v) is 11.7. The van der Waals surface area contributed by atoms with Crippen molar-refractivity contribution in [2.75, 3.05) is 0 Å². The molecule has 0 aliphatic heterocycles. The van der Waals surface area contributed by atoms with E-state index in [9.17, 15) is 0 Å². The fraction of sp³-hybridized carbons (Fsp3) is 0. The standard InChI is InChI=1S/C38H22N2OS/c1-4-14-35-29(11-1)30-21-28(16-18-36(30)42-35)26-10-6-8-24(20-26)23-7-5-9-25(19-23)27-15-17-34-31(22-27)37-38(41-34)40-33-13-3-2-12-32(33)39-37/h1-22H. The smallest absolute Gasteiger partial charge is 0.246 e. The molecule has 9 rings (SSSR count). The van der Waals surface area contributed by atoms with E-state index in [0.717, 1.165) is 38.6 Å². The molecule has 9 aromatic rings. The predicted molar refractivity (Wildman–Crippen MR) is 176 cm³/mol. The third-order valence-corrected chi connectivity index (χ3v) is 9.23. The Morgan fingerprint density at radius 3 is 1.74 bits per heavy atom. The van der Waals surface area contributed by atoms with E-state index in [1.54, 1.807) is 0 Å². The van der Waals surface area contributed by atoms with E-state index in [-0.39, 0.29) is 0 Å². The molecule has 0 saturated carbocycles. The molecule has 42 heavy (non-hydrogen) atoms. The Morgan fingerprint density at radius 1 is 0.429 bits per heavy atom. The molecule has 0 saturated heterocycles. The highest BCUT2D eigenvalue weighted by molar-refractivity contribution is 7.25. The number of fused-ring (bicyclic) bond motifs is 7. The van der Waals surface area contributed by atoms with Crippen molar-refractivity contribution in [2.45, 2.75) is 0 Å². The minimum atomic E-state index is 0.569. The van der Waals surface area contributed by atoms with Gasteiger partial charge in [0, 0.05) is 25.6 Å². The summed E-state index contributed by atoms with van der Waals surface area (Å²) in [5.41, 5.74) is 10.9. The minimum absolute atomic E-state index is 0.569. The summed E-state index contributed by atoms with van der Waals surface area (Å²) in [5, 5.41) is 3.62. The average Bonchev–Trinajstić information content (AvgIpc) is 3.60. The van der Waals surface area contributed by atoms with Crippen molar-refractivity contribution in [1.82, 2.24) is 9.97 Å². The van der Waals surface area contributed by atoms with E-state index in [4.69, 9.17) is 14.4 Å². The van der Waals surface area contributed by atoms with Gasteiger partial charge in [-0.1, -0.05) is 78.9 Å². The van der Waals surface area contributed by atoms with Crippen molar-refractivity contribution in [2.24, 2.45) is 0 Å². The van der Waals surface area contributed by atoms with Crippen LogP contribution >= 0.6 is 11.3 Å². The molecule has 0 atom stereocenters. The fourth-order valence-corrected chi connectivity index (χ4v) is 7.07. The maximum absolute atomic E-state index is 6.07. The van der Waals surface area contributed by atoms with Crippen LogP contribution in [0.2, 0.25) is 0 Å². The van der Waals surface area contributed by atoms with Crippen LogP contribution in [0.5, 0.6) is 0 Å². The summed E-state index contributed by atoms with van der Waals surface area (Å²) >= 11 is 1.85. The van der Waals surface area contributed by atoms with E-state index >= 15 is 0 Å². The van der Waals surface area contributed by atoms with Crippen LogP contribution < -0.4 is 0 Å². The van der Waals surface area contributed by atoms with Crippen LogP contribution in [0, 0.1) is 0 Å². The summed E-state index contributed by atoms with van der Waals surface area (Å²) < 4.78 is 8.73. The van der Waals surface area contributed by atoms with Crippen LogP contribution in [0.4, 0.5) is 0 Å². The van der Waals surface area contributed by atoms with Gasteiger partial charge in [-0.15, -0.1) is 11.3 Å². The summed E-state index contributed by atoms with van der Waals surface area (Å²) in [5.74, 6) is 0. The third-order valence-electron chi connectivity index (χ3n) is 8.08. The van der Waals surface area contributed by atoms with E-state index in [1.165, 1.54) is 42.4 Å².